The van der Waals surface area contributed by atoms with Gasteiger partial charge in [0.1, 0.15) is 24.1 Å². The van der Waals surface area contributed by atoms with Crippen LogP contribution in [0.2, 0.25) is 0 Å². The number of hydrogen-bond acceptors (Lipinski definition) is 7. The summed E-state index contributed by atoms with van der Waals surface area (Å²) in [7, 11) is 0. The van der Waals surface area contributed by atoms with E-state index in [2.05, 4.69) is 13.0 Å². The van der Waals surface area contributed by atoms with E-state index in [0.717, 1.165) is 38.5 Å². The maximum atomic E-state index is 11.4. The van der Waals surface area contributed by atoms with Crippen LogP contribution in [-0.4, -0.2) is 68.3 Å². The molecule has 5 N–H and O–H groups in total. The Morgan fingerprint density at radius 1 is 1.09 bits per heavy atom. The summed E-state index contributed by atoms with van der Waals surface area (Å²) in [6, 6.07) is 5.73. The SMILES string of the molecule is C[C@]12CCC3c4ccc(O)cc4CCC3C1CC[C@@H]2OC1O[C@H](C(=O)O)[C@@H](O)[C@H](O)[C@H]1O. The molecule has 1 aromatic rings. The Morgan fingerprint density at radius 2 is 1.88 bits per heavy atom. The number of rotatable bonds is 3. The van der Waals surface area contributed by atoms with Crippen LogP contribution in [0.25, 0.3) is 0 Å². The normalized spacial score (nSPS) is 45.6. The van der Waals surface area contributed by atoms with Crippen molar-refractivity contribution < 1.29 is 39.8 Å². The predicted molar refractivity (Wildman–Crippen MR) is 112 cm³/mol. The third-order valence-electron chi connectivity index (χ3n) is 8.73. The van der Waals surface area contributed by atoms with E-state index in [1.165, 1.54) is 11.1 Å². The molecule has 5 rings (SSSR count). The number of carboxylic acid groups (broad SMARTS) is 1. The summed E-state index contributed by atoms with van der Waals surface area (Å²) < 4.78 is 11.5. The molecule has 10 atom stereocenters. The van der Waals surface area contributed by atoms with Crippen molar-refractivity contribution in [1.29, 1.82) is 0 Å². The number of benzene rings is 1. The van der Waals surface area contributed by atoms with Gasteiger partial charge in [-0.15, -0.1) is 0 Å². The van der Waals surface area contributed by atoms with Crippen molar-refractivity contribution in [1.82, 2.24) is 0 Å². The number of fused-ring (bicyclic) bond motifs is 5. The molecule has 3 aliphatic carbocycles. The lowest BCUT2D eigenvalue weighted by molar-refractivity contribution is -0.312. The molecule has 1 aliphatic heterocycles. The van der Waals surface area contributed by atoms with Gasteiger partial charge >= 0.3 is 5.97 Å². The molecule has 0 bridgehead atoms. The minimum absolute atomic E-state index is 0.140. The first-order chi connectivity index (χ1) is 15.2. The number of aliphatic hydroxyl groups is 3. The van der Waals surface area contributed by atoms with Crippen LogP contribution in [0.15, 0.2) is 18.2 Å². The quantitative estimate of drug-likeness (QED) is 0.470. The molecule has 8 heteroatoms. The van der Waals surface area contributed by atoms with E-state index in [0.29, 0.717) is 23.5 Å². The first-order valence-corrected chi connectivity index (χ1v) is 11.6. The first kappa shape index (κ1) is 22.1. The van der Waals surface area contributed by atoms with Gasteiger partial charge in [-0.05, 0) is 85.0 Å². The molecule has 0 amide bonds. The zero-order chi connectivity index (χ0) is 22.8. The summed E-state index contributed by atoms with van der Waals surface area (Å²) in [5, 5.41) is 49.6. The summed E-state index contributed by atoms with van der Waals surface area (Å²) in [6.07, 6.45) is -2.38. The second kappa shape index (κ2) is 7.95. The lowest BCUT2D eigenvalue weighted by Crippen LogP contribution is -2.61. The van der Waals surface area contributed by atoms with Gasteiger partial charge in [-0.3, -0.25) is 0 Å². The maximum absolute atomic E-state index is 11.4. The van der Waals surface area contributed by atoms with Crippen LogP contribution >= 0.6 is 0 Å². The average molecular weight is 449 g/mol. The minimum Gasteiger partial charge on any atom is -0.508 e. The largest absolute Gasteiger partial charge is 0.508 e. The Labute approximate surface area is 186 Å². The van der Waals surface area contributed by atoms with E-state index in [1.807, 2.05) is 6.07 Å². The van der Waals surface area contributed by atoms with Crippen molar-refractivity contribution in [3.05, 3.63) is 29.3 Å². The summed E-state index contributed by atoms with van der Waals surface area (Å²) in [4.78, 5) is 11.4. The summed E-state index contributed by atoms with van der Waals surface area (Å²) in [5.74, 6) is 0.312. The fourth-order valence-electron chi connectivity index (χ4n) is 7.07. The number of aryl methyl sites for hydroxylation is 1. The molecule has 176 valence electrons. The number of phenolic OH excluding ortho intramolecular Hbond substituents is 1. The molecule has 8 nitrogen and oxygen atoms in total. The van der Waals surface area contributed by atoms with Crippen LogP contribution in [0.4, 0.5) is 0 Å². The topological polar surface area (TPSA) is 137 Å². The molecule has 3 fully saturated rings. The van der Waals surface area contributed by atoms with Gasteiger partial charge < -0.3 is 35.0 Å². The number of carbonyl (C=O) groups is 1. The van der Waals surface area contributed by atoms with Crippen molar-refractivity contribution in [2.45, 2.75) is 88.2 Å². The van der Waals surface area contributed by atoms with E-state index in [9.17, 15) is 30.3 Å². The summed E-state index contributed by atoms with van der Waals surface area (Å²) >= 11 is 0. The second-order valence-corrected chi connectivity index (χ2v) is 10.3. The molecule has 1 heterocycles. The first-order valence-electron chi connectivity index (χ1n) is 11.6. The standard InChI is InChI=1S/C24H32O8/c1-24-9-8-14-13-5-3-12(25)10-11(13)2-4-15(14)16(24)6-7-17(24)31-23-20(28)18(26)19(27)21(32-23)22(29)30/h3,5,10,14-21,23,25-28H,2,4,6-9H2,1H3,(H,29,30)/t14?,15?,16?,17-,18-,19-,20+,21-,23?,24-/m0/s1. The van der Waals surface area contributed by atoms with Crippen LogP contribution in [0.1, 0.15) is 56.1 Å². The molecular formula is C24H32O8. The van der Waals surface area contributed by atoms with Crippen molar-refractivity contribution in [3.8, 4) is 5.75 Å². The van der Waals surface area contributed by atoms with Gasteiger partial charge in [-0.25, -0.2) is 4.79 Å². The fraction of sp³-hybridized carbons (Fsp3) is 0.708. The Balaban J connectivity index is 1.34. The molecule has 0 spiro atoms. The molecule has 1 aromatic carbocycles. The van der Waals surface area contributed by atoms with Gasteiger partial charge in [-0.2, -0.15) is 0 Å². The lowest BCUT2D eigenvalue weighted by atomic mass is 9.55. The van der Waals surface area contributed by atoms with Crippen molar-refractivity contribution in [3.63, 3.8) is 0 Å². The Hall–Kier alpha value is -1.71. The van der Waals surface area contributed by atoms with E-state index in [1.54, 1.807) is 6.07 Å². The van der Waals surface area contributed by atoms with Gasteiger partial charge in [0.2, 0.25) is 0 Å². The smallest absolute Gasteiger partial charge is 0.335 e. The maximum Gasteiger partial charge on any atom is 0.335 e. The number of aromatic hydroxyl groups is 1. The molecule has 2 saturated carbocycles. The Bertz CT molecular complexity index is 889. The van der Waals surface area contributed by atoms with Crippen LogP contribution in [0, 0.1) is 17.3 Å². The molecule has 4 unspecified atom stereocenters. The average Bonchev–Trinajstić information content (AvgIpc) is 3.09. The number of carboxylic acids is 1. The zero-order valence-electron chi connectivity index (χ0n) is 18.1. The lowest BCUT2D eigenvalue weighted by Gasteiger charge is -2.51. The highest BCUT2D eigenvalue weighted by atomic mass is 16.7. The fourth-order valence-corrected chi connectivity index (χ4v) is 7.07. The van der Waals surface area contributed by atoms with Crippen LogP contribution in [0.5, 0.6) is 5.75 Å². The highest BCUT2D eigenvalue weighted by Gasteiger charge is 2.57. The van der Waals surface area contributed by atoms with Crippen molar-refractivity contribution in [2.24, 2.45) is 17.3 Å². The third kappa shape index (κ3) is 3.35. The van der Waals surface area contributed by atoms with E-state index in [-0.39, 0.29) is 11.5 Å². The predicted octanol–water partition coefficient (Wildman–Crippen LogP) is 1.53. The van der Waals surface area contributed by atoms with E-state index in [4.69, 9.17) is 9.47 Å². The van der Waals surface area contributed by atoms with Crippen LogP contribution in [0.3, 0.4) is 0 Å². The van der Waals surface area contributed by atoms with Crippen LogP contribution < -0.4 is 0 Å². The summed E-state index contributed by atoms with van der Waals surface area (Å²) in [6.45, 7) is 2.22. The molecule has 32 heavy (non-hydrogen) atoms. The number of ether oxygens (including phenoxy) is 2. The van der Waals surface area contributed by atoms with E-state index < -0.39 is 36.7 Å². The summed E-state index contributed by atoms with van der Waals surface area (Å²) in [5.41, 5.74) is 2.45. The van der Waals surface area contributed by atoms with Gasteiger partial charge in [-0.1, -0.05) is 13.0 Å². The van der Waals surface area contributed by atoms with Gasteiger partial charge in [0.05, 0.1) is 6.10 Å². The number of aliphatic carboxylic acids is 1. The molecular weight excluding hydrogens is 416 g/mol. The molecule has 0 aromatic heterocycles. The molecule has 1 saturated heterocycles. The van der Waals surface area contributed by atoms with Crippen molar-refractivity contribution >= 4 is 5.97 Å². The van der Waals surface area contributed by atoms with Gasteiger partial charge in [0.15, 0.2) is 12.4 Å². The van der Waals surface area contributed by atoms with Gasteiger partial charge in [0, 0.05) is 0 Å². The number of hydrogen-bond donors (Lipinski definition) is 5. The number of phenols is 1. The Morgan fingerprint density at radius 3 is 2.62 bits per heavy atom. The molecule has 0 radical (unpaired) electrons. The van der Waals surface area contributed by atoms with Crippen molar-refractivity contribution in [2.75, 3.05) is 0 Å². The third-order valence-corrected chi connectivity index (χ3v) is 8.73. The zero-order valence-corrected chi connectivity index (χ0v) is 18.1. The number of aliphatic hydroxyl groups excluding tert-OH is 3. The monoisotopic (exact) mass is 448 g/mol. The Kier molecular flexibility index (Phi) is 5.49. The highest BCUT2D eigenvalue weighted by Crippen LogP contribution is 2.61. The van der Waals surface area contributed by atoms with Gasteiger partial charge in [0.25, 0.3) is 0 Å². The van der Waals surface area contributed by atoms with E-state index >= 15 is 0 Å². The highest BCUT2D eigenvalue weighted by molar-refractivity contribution is 5.73. The van der Waals surface area contributed by atoms with Crippen LogP contribution in [-0.2, 0) is 20.7 Å². The minimum atomic E-state index is -1.72. The molecule has 4 aliphatic rings. The second-order valence-electron chi connectivity index (χ2n) is 10.3.